The van der Waals surface area contributed by atoms with E-state index in [1.807, 2.05) is 5.32 Å². The van der Waals surface area contributed by atoms with Crippen LogP contribution in [0.3, 0.4) is 0 Å². The molecule has 0 aromatic carbocycles. The van der Waals surface area contributed by atoms with Crippen LogP contribution in [-0.4, -0.2) is 28.7 Å². The molecule has 1 aromatic rings. The molecule has 0 atom stereocenters. The molecule has 0 saturated carbocycles. The number of nitrogens with zero attached hydrogens (tertiary/aromatic N) is 2. The summed E-state index contributed by atoms with van der Waals surface area (Å²) in [5, 5.41) is 12.6. The van der Waals surface area contributed by atoms with Crippen LogP contribution in [-0.2, 0) is 0 Å². The average Bonchev–Trinajstić information content (AvgIpc) is 2.24. The van der Waals surface area contributed by atoms with Gasteiger partial charge in [0, 0.05) is 12.1 Å². The molecule has 1 rings (SSSR count). The molecule has 1 heterocycles. The smallest absolute Gasteiger partial charge is 0.405 e. The Kier molecular flexibility index (Phi) is 4.52. The Morgan fingerprint density at radius 3 is 2.58 bits per heavy atom. The highest BCUT2D eigenvalue weighted by Gasteiger charge is 2.29. The molecule has 0 aliphatic carbocycles. The Balaban J connectivity index is 2.98. The average molecular weight is 279 g/mol. The number of halogens is 3. The third-order valence-corrected chi connectivity index (χ3v) is 1.86. The monoisotopic (exact) mass is 279 g/mol. The summed E-state index contributed by atoms with van der Waals surface area (Å²) in [4.78, 5) is 13.5. The summed E-state index contributed by atoms with van der Waals surface area (Å²) in [6, 6.07) is 2.28. The molecular weight excluding hydrogens is 267 g/mol. The minimum atomic E-state index is -4.50. The van der Waals surface area contributed by atoms with Crippen molar-refractivity contribution in [2.75, 3.05) is 11.9 Å². The van der Waals surface area contributed by atoms with E-state index in [4.69, 9.17) is 4.74 Å². The van der Waals surface area contributed by atoms with E-state index in [1.54, 1.807) is 13.8 Å². The summed E-state index contributed by atoms with van der Waals surface area (Å²) < 4.78 is 41.4. The van der Waals surface area contributed by atoms with Gasteiger partial charge in [-0.15, -0.1) is 0 Å². The number of hydrogen-bond acceptors (Lipinski definition) is 5. The van der Waals surface area contributed by atoms with Crippen LogP contribution in [0.25, 0.3) is 0 Å². The van der Waals surface area contributed by atoms with Crippen molar-refractivity contribution in [3.63, 3.8) is 0 Å². The van der Waals surface area contributed by atoms with Crippen molar-refractivity contribution in [1.29, 1.82) is 0 Å². The van der Waals surface area contributed by atoms with Gasteiger partial charge in [-0.2, -0.15) is 18.2 Å². The van der Waals surface area contributed by atoms with Gasteiger partial charge in [-0.3, -0.25) is 10.1 Å². The summed E-state index contributed by atoms with van der Waals surface area (Å²) in [5.41, 5.74) is -0.541. The second kappa shape index (κ2) is 5.72. The maximum Gasteiger partial charge on any atom is 0.405 e. The molecule has 0 unspecified atom stereocenters. The van der Waals surface area contributed by atoms with Crippen molar-refractivity contribution in [2.45, 2.75) is 26.1 Å². The number of nitrogens with one attached hydrogen (secondary N) is 1. The van der Waals surface area contributed by atoms with Crippen LogP contribution >= 0.6 is 0 Å². The standard InChI is InChI=1S/C10H12F3N3O3/c1-6(2)19-8-4-3-7(16(17)18)9(15-8)14-5-10(11,12)13/h3-4,6H,5H2,1-2H3,(H,14,15). The molecule has 0 amide bonds. The first-order valence-electron chi connectivity index (χ1n) is 5.32. The minimum Gasteiger partial charge on any atom is -0.475 e. The Morgan fingerprint density at radius 2 is 2.11 bits per heavy atom. The quantitative estimate of drug-likeness (QED) is 0.662. The van der Waals surface area contributed by atoms with Crippen molar-refractivity contribution in [3.8, 4) is 5.88 Å². The lowest BCUT2D eigenvalue weighted by molar-refractivity contribution is -0.384. The van der Waals surface area contributed by atoms with Gasteiger partial charge in [0.25, 0.3) is 0 Å². The van der Waals surface area contributed by atoms with Gasteiger partial charge in [0.15, 0.2) is 0 Å². The molecule has 106 valence electrons. The number of rotatable bonds is 5. The van der Waals surface area contributed by atoms with E-state index in [2.05, 4.69) is 4.98 Å². The van der Waals surface area contributed by atoms with Crippen LogP contribution in [0.15, 0.2) is 12.1 Å². The Labute approximate surface area is 106 Å². The zero-order valence-corrected chi connectivity index (χ0v) is 10.2. The van der Waals surface area contributed by atoms with Crippen LogP contribution in [0.4, 0.5) is 24.7 Å². The molecule has 0 aliphatic rings. The molecular formula is C10H12F3N3O3. The molecule has 0 spiro atoms. The van der Waals surface area contributed by atoms with Crippen molar-refractivity contribution >= 4 is 11.5 Å². The Hall–Kier alpha value is -2.06. The van der Waals surface area contributed by atoms with Crippen LogP contribution in [0.1, 0.15) is 13.8 Å². The molecule has 6 nitrogen and oxygen atoms in total. The SMILES string of the molecule is CC(C)Oc1ccc([N+](=O)[O-])c(NCC(F)(F)F)n1. The van der Waals surface area contributed by atoms with Gasteiger partial charge in [-0.1, -0.05) is 0 Å². The van der Waals surface area contributed by atoms with Gasteiger partial charge < -0.3 is 10.1 Å². The molecule has 19 heavy (non-hydrogen) atoms. The first-order valence-corrected chi connectivity index (χ1v) is 5.32. The third-order valence-electron chi connectivity index (χ3n) is 1.86. The minimum absolute atomic E-state index is 0.0188. The van der Waals surface area contributed by atoms with Crippen LogP contribution < -0.4 is 10.1 Å². The maximum absolute atomic E-state index is 12.1. The van der Waals surface area contributed by atoms with Crippen LogP contribution in [0, 0.1) is 10.1 Å². The predicted molar refractivity (Wildman–Crippen MR) is 61.2 cm³/mol. The molecule has 0 aliphatic heterocycles. The van der Waals surface area contributed by atoms with E-state index in [0.29, 0.717) is 0 Å². The van der Waals surface area contributed by atoms with Crippen LogP contribution in [0.2, 0.25) is 0 Å². The molecule has 0 bridgehead atoms. The summed E-state index contributed by atoms with van der Waals surface area (Å²) in [6.45, 7) is 1.99. The van der Waals surface area contributed by atoms with Gasteiger partial charge in [0.2, 0.25) is 11.7 Å². The summed E-state index contributed by atoms with van der Waals surface area (Å²) in [7, 11) is 0. The number of aromatic nitrogens is 1. The number of hydrogen-bond donors (Lipinski definition) is 1. The van der Waals surface area contributed by atoms with E-state index in [1.165, 1.54) is 6.07 Å². The van der Waals surface area contributed by atoms with Gasteiger partial charge in [0.05, 0.1) is 11.0 Å². The zero-order chi connectivity index (χ0) is 14.6. The van der Waals surface area contributed by atoms with E-state index in [0.717, 1.165) is 6.07 Å². The lowest BCUT2D eigenvalue weighted by atomic mass is 10.3. The summed E-state index contributed by atoms with van der Waals surface area (Å²) in [5.74, 6) is -0.453. The normalized spacial score (nSPS) is 11.5. The molecule has 0 saturated heterocycles. The fourth-order valence-electron chi connectivity index (χ4n) is 1.20. The van der Waals surface area contributed by atoms with Crippen molar-refractivity contribution in [2.24, 2.45) is 0 Å². The number of alkyl halides is 3. The lowest BCUT2D eigenvalue weighted by Crippen LogP contribution is -2.22. The molecule has 0 radical (unpaired) electrons. The van der Waals surface area contributed by atoms with Crippen molar-refractivity contribution in [3.05, 3.63) is 22.2 Å². The van der Waals surface area contributed by atoms with E-state index in [9.17, 15) is 23.3 Å². The highest BCUT2D eigenvalue weighted by Crippen LogP contribution is 2.26. The largest absolute Gasteiger partial charge is 0.475 e. The molecule has 1 N–H and O–H groups in total. The number of pyridine rings is 1. The van der Waals surface area contributed by atoms with Gasteiger partial charge in [0.1, 0.15) is 6.54 Å². The fourth-order valence-corrected chi connectivity index (χ4v) is 1.20. The maximum atomic E-state index is 12.1. The zero-order valence-electron chi connectivity index (χ0n) is 10.2. The third kappa shape index (κ3) is 4.98. The molecule has 0 fully saturated rings. The second-order valence-corrected chi connectivity index (χ2v) is 3.91. The number of ether oxygens (including phenoxy) is 1. The summed E-state index contributed by atoms with van der Waals surface area (Å²) in [6.07, 6.45) is -4.74. The van der Waals surface area contributed by atoms with Crippen LogP contribution in [0.5, 0.6) is 5.88 Å². The van der Waals surface area contributed by atoms with E-state index in [-0.39, 0.29) is 12.0 Å². The Bertz CT molecular complexity index is 463. The highest BCUT2D eigenvalue weighted by molar-refractivity contribution is 5.57. The number of anilines is 1. The lowest BCUT2D eigenvalue weighted by Gasteiger charge is -2.12. The fraction of sp³-hybridized carbons (Fsp3) is 0.500. The summed E-state index contributed by atoms with van der Waals surface area (Å²) >= 11 is 0. The molecule has 9 heteroatoms. The topological polar surface area (TPSA) is 77.3 Å². The van der Waals surface area contributed by atoms with Crippen molar-refractivity contribution in [1.82, 2.24) is 4.98 Å². The number of nitro groups is 1. The Morgan fingerprint density at radius 1 is 1.47 bits per heavy atom. The van der Waals surface area contributed by atoms with Gasteiger partial charge >= 0.3 is 11.9 Å². The molecule has 1 aromatic heterocycles. The van der Waals surface area contributed by atoms with E-state index < -0.39 is 29.1 Å². The van der Waals surface area contributed by atoms with Gasteiger partial charge in [-0.25, -0.2) is 0 Å². The second-order valence-electron chi connectivity index (χ2n) is 3.91. The van der Waals surface area contributed by atoms with E-state index >= 15 is 0 Å². The first-order chi connectivity index (χ1) is 8.69. The van der Waals surface area contributed by atoms with Crippen molar-refractivity contribution < 1.29 is 22.8 Å². The van der Waals surface area contributed by atoms with Gasteiger partial charge in [-0.05, 0) is 13.8 Å². The predicted octanol–water partition coefficient (Wildman–Crippen LogP) is 2.75. The first kappa shape index (κ1) is 15.0. The highest BCUT2D eigenvalue weighted by atomic mass is 19.4.